The van der Waals surface area contributed by atoms with Crippen LogP contribution >= 0.6 is 0 Å². The zero-order chi connectivity index (χ0) is 36.5. The number of carbonyl (C=O) groups is 3. The van der Waals surface area contributed by atoms with Crippen molar-refractivity contribution in [1.82, 2.24) is 15.3 Å². The lowest BCUT2D eigenvalue weighted by Gasteiger charge is -2.72. The monoisotopic (exact) mass is 689 g/mol. The van der Waals surface area contributed by atoms with E-state index in [4.69, 9.17) is 4.74 Å². The average molecular weight is 690 g/mol. The van der Waals surface area contributed by atoms with Crippen molar-refractivity contribution in [3.8, 4) is 0 Å². The van der Waals surface area contributed by atoms with Crippen LogP contribution in [0.5, 0.6) is 0 Å². The van der Waals surface area contributed by atoms with Crippen molar-refractivity contribution in [1.29, 1.82) is 0 Å². The van der Waals surface area contributed by atoms with Gasteiger partial charge in [0, 0.05) is 30.0 Å². The van der Waals surface area contributed by atoms with E-state index in [1.807, 2.05) is 6.07 Å². The number of carboxylic acid groups (broad SMARTS) is 1. The van der Waals surface area contributed by atoms with E-state index in [1.54, 1.807) is 26.4 Å². The second-order valence-electron chi connectivity index (χ2n) is 19.3. The van der Waals surface area contributed by atoms with Crippen LogP contribution in [-0.2, 0) is 25.7 Å². The molecule has 4 saturated carbocycles. The van der Waals surface area contributed by atoms with E-state index >= 15 is 0 Å². The molecule has 8 heteroatoms. The number of aromatic nitrogens is 2. The van der Waals surface area contributed by atoms with E-state index in [2.05, 4.69) is 63.8 Å². The molecule has 0 bridgehead atoms. The third-order valence-electron chi connectivity index (χ3n) is 15.7. The van der Waals surface area contributed by atoms with Gasteiger partial charge in [0.15, 0.2) is 5.78 Å². The molecule has 50 heavy (non-hydrogen) atoms. The summed E-state index contributed by atoms with van der Waals surface area (Å²) in [6.07, 6.45) is 13.3. The maximum absolute atomic E-state index is 14.0. The molecule has 4 fully saturated rings. The van der Waals surface area contributed by atoms with Crippen molar-refractivity contribution in [2.75, 3.05) is 6.54 Å². The van der Waals surface area contributed by atoms with Crippen LogP contribution in [-0.4, -0.2) is 45.4 Å². The maximum atomic E-state index is 14.0. The number of nitrogens with one attached hydrogen (secondary N) is 1. The molecule has 1 heterocycles. The molecule has 2 N–H and O–H groups in total. The summed E-state index contributed by atoms with van der Waals surface area (Å²) >= 11 is 0. The number of nitrogens with zero attached hydrogens (tertiary/aromatic N) is 2. The first kappa shape index (κ1) is 37.2. The average Bonchev–Trinajstić information content (AvgIpc) is 3.33. The van der Waals surface area contributed by atoms with E-state index in [0.29, 0.717) is 36.5 Å². The minimum Gasteiger partial charge on any atom is -0.481 e. The van der Waals surface area contributed by atoms with Gasteiger partial charge in [-0.25, -0.2) is 9.97 Å². The van der Waals surface area contributed by atoms with Gasteiger partial charge >= 0.3 is 11.9 Å². The fourth-order valence-corrected chi connectivity index (χ4v) is 12.8. The molecule has 0 saturated heterocycles. The summed E-state index contributed by atoms with van der Waals surface area (Å²) in [7, 11) is 0. The smallest absolute Gasteiger partial charge is 0.309 e. The van der Waals surface area contributed by atoms with E-state index in [1.165, 1.54) is 12.0 Å². The predicted molar refractivity (Wildman–Crippen MR) is 194 cm³/mol. The van der Waals surface area contributed by atoms with Crippen LogP contribution in [0.3, 0.4) is 0 Å². The molecule has 0 radical (unpaired) electrons. The number of aliphatic carboxylic acids is 1. The first-order valence-electron chi connectivity index (χ1n) is 19.5. The standard InChI is InChI=1S/C42H63N3O5/c1-26(2)34-29(46)22-42(19-21-43-24-27-14-20-44-25-45-27)18-17-40(8)28(35(34)42)10-11-31-39(7)15-13-32(50-33(47)23-37(3,4)36(48)49)38(5,6)30(39)12-16-41(31,40)9/h14,20,25-26,28,30-32,43H,10-13,15-19,21-24H2,1-9H3,(H,48,49)/t28-,30?,31?,32+,39+,40-,41-,42-/m1/s1. The molecular formula is C42H63N3O5. The number of carbonyl (C=O) groups excluding carboxylic acids is 2. The Kier molecular flexibility index (Phi) is 9.52. The first-order valence-corrected chi connectivity index (χ1v) is 19.5. The Balaban J connectivity index is 1.24. The van der Waals surface area contributed by atoms with Gasteiger partial charge in [0.2, 0.25) is 0 Å². The predicted octanol–water partition coefficient (Wildman–Crippen LogP) is 8.35. The molecule has 0 amide bonds. The Bertz CT molecular complexity index is 1530. The number of Topliss-reactive ketones (excluding diaryl/α,β-unsaturated/α-hetero) is 1. The minimum atomic E-state index is -1.15. The zero-order valence-corrected chi connectivity index (χ0v) is 32.3. The van der Waals surface area contributed by atoms with Gasteiger partial charge in [-0.1, -0.05) is 54.0 Å². The molecule has 8 nitrogen and oxygen atoms in total. The van der Waals surface area contributed by atoms with Gasteiger partial charge in [0.25, 0.3) is 0 Å². The van der Waals surface area contributed by atoms with Crippen LogP contribution < -0.4 is 5.32 Å². The molecule has 0 spiro atoms. The number of fused-ring (bicyclic) bond motifs is 7. The lowest BCUT2D eigenvalue weighted by Crippen LogP contribution is -2.65. The van der Waals surface area contributed by atoms with E-state index in [0.717, 1.165) is 69.2 Å². The van der Waals surface area contributed by atoms with Crippen LogP contribution in [0.1, 0.15) is 139 Å². The molecule has 5 aliphatic rings. The van der Waals surface area contributed by atoms with Gasteiger partial charge < -0.3 is 15.2 Å². The summed E-state index contributed by atoms with van der Waals surface area (Å²) in [6.45, 7) is 21.6. The summed E-state index contributed by atoms with van der Waals surface area (Å²) in [5.74, 6) is 0.630. The second-order valence-corrected chi connectivity index (χ2v) is 19.3. The molecular weight excluding hydrogens is 626 g/mol. The minimum absolute atomic E-state index is 0.0526. The number of esters is 1. The number of ether oxygens (including phenoxy) is 1. The highest BCUT2D eigenvalue weighted by molar-refractivity contribution is 6.00. The van der Waals surface area contributed by atoms with Crippen molar-refractivity contribution < 1.29 is 24.2 Å². The third kappa shape index (κ3) is 5.78. The zero-order valence-electron chi connectivity index (χ0n) is 32.3. The van der Waals surface area contributed by atoms with Crippen LogP contribution in [0.15, 0.2) is 29.7 Å². The van der Waals surface area contributed by atoms with E-state index in [9.17, 15) is 19.5 Å². The van der Waals surface area contributed by atoms with Gasteiger partial charge in [-0.3, -0.25) is 14.4 Å². The van der Waals surface area contributed by atoms with Gasteiger partial charge in [0.1, 0.15) is 12.4 Å². The van der Waals surface area contributed by atoms with Crippen LogP contribution in [0, 0.1) is 56.2 Å². The van der Waals surface area contributed by atoms with Crippen molar-refractivity contribution in [3.63, 3.8) is 0 Å². The van der Waals surface area contributed by atoms with E-state index in [-0.39, 0.29) is 45.5 Å². The third-order valence-corrected chi connectivity index (χ3v) is 15.7. The fraction of sp³-hybridized carbons (Fsp3) is 0.786. The summed E-state index contributed by atoms with van der Waals surface area (Å²) < 4.78 is 6.17. The highest BCUT2D eigenvalue weighted by atomic mass is 16.5. The van der Waals surface area contributed by atoms with Gasteiger partial charge in [-0.15, -0.1) is 0 Å². The van der Waals surface area contributed by atoms with Crippen molar-refractivity contribution in [3.05, 3.63) is 35.4 Å². The Labute approximate surface area is 300 Å². The molecule has 0 aliphatic heterocycles. The van der Waals surface area contributed by atoms with Crippen LogP contribution in [0.4, 0.5) is 0 Å². The Hall–Kier alpha value is -2.61. The lowest BCUT2D eigenvalue weighted by molar-refractivity contribution is -0.233. The molecule has 1 aromatic rings. The number of hydrogen-bond donors (Lipinski definition) is 2. The van der Waals surface area contributed by atoms with Crippen molar-refractivity contribution in [2.24, 2.45) is 56.2 Å². The molecule has 1 aromatic heterocycles. The topological polar surface area (TPSA) is 118 Å². The van der Waals surface area contributed by atoms with E-state index < -0.39 is 17.4 Å². The SMILES string of the molecule is CC(C)C1=C2[C@H]3CCC4[C@@]5(C)CC[C@H](OC(=O)CC(C)(C)C(=O)O)C(C)(C)C5CC[C@@]4(C)[C@]3(C)CC[C@@]2(CCNCc2ccncn2)CC1=O. The fourth-order valence-electron chi connectivity index (χ4n) is 12.8. The quantitative estimate of drug-likeness (QED) is 0.186. The number of ketones is 1. The first-order chi connectivity index (χ1) is 23.3. The Morgan fingerprint density at radius 2 is 1.74 bits per heavy atom. The number of hydrogen-bond acceptors (Lipinski definition) is 7. The highest BCUT2D eigenvalue weighted by Crippen LogP contribution is 2.77. The molecule has 8 atom stereocenters. The number of carboxylic acids is 1. The highest BCUT2D eigenvalue weighted by Gasteiger charge is 2.70. The molecule has 0 aromatic carbocycles. The Morgan fingerprint density at radius 3 is 2.40 bits per heavy atom. The number of allylic oxidation sites excluding steroid dienone is 2. The number of rotatable bonds is 10. The maximum Gasteiger partial charge on any atom is 0.309 e. The second kappa shape index (κ2) is 12.8. The molecule has 5 aliphatic carbocycles. The Morgan fingerprint density at radius 1 is 1.00 bits per heavy atom. The van der Waals surface area contributed by atoms with Crippen LogP contribution in [0.25, 0.3) is 0 Å². The largest absolute Gasteiger partial charge is 0.481 e. The molecule has 276 valence electrons. The lowest BCUT2D eigenvalue weighted by atomic mass is 9.33. The summed E-state index contributed by atoms with van der Waals surface area (Å²) in [4.78, 5) is 47.2. The molecule has 2 unspecified atom stereocenters. The summed E-state index contributed by atoms with van der Waals surface area (Å²) in [5.41, 5.74) is 2.63. The van der Waals surface area contributed by atoms with Gasteiger partial charge in [-0.2, -0.15) is 0 Å². The summed E-state index contributed by atoms with van der Waals surface area (Å²) in [5, 5.41) is 13.2. The van der Waals surface area contributed by atoms with Gasteiger partial charge in [-0.05, 0) is 130 Å². The van der Waals surface area contributed by atoms with Gasteiger partial charge in [0.05, 0.1) is 17.5 Å². The van der Waals surface area contributed by atoms with Crippen molar-refractivity contribution in [2.45, 2.75) is 146 Å². The normalized spacial score (nSPS) is 37.8. The van der Waals surface area contributed by atoms with Crippen LogP contribution in [0.2, 0.25) is 0 Å². The van der Waals surface area contributed by atoms with Crippen molar-refractivity contribution >= 4 is 17.7 Å². The molecule has 6 rings (SSSR count). The summed E-state index contributed by atoms with van der Waals surface area (Å²) in [6, 6.07) is 1.95.